The zero-order chi connectivity index (χ0) is 21.5. The standard InChI is InChI=1S/C25H33N3O2/c1-18(2)23(27-24(29)20-12-8-9-19(3)15-20)25(30)26-16-21-10-4-5-11-22(21)17-28-13-6-7-14-28/h4-5,8-12,15,18,23H,6-7,13-14,16-17H2,1-3H3,(H,26,30)(H,27,29). The van der Waals surface area contributed by atoms with Gasteiger partial charge in [0.25, 0.3) is 5.91 Å². The summed E-state index contributed by atoms with van der Waals surface area (Å²) in [5.74, 6) is -0.387. The van der Waals surface area contributed by atoms with Gasteiger partial charge in [-0.25, -0.2) is 0 Å². The van der Waals surface area contributed by atoms with E-state index >= 15 is 0 Å². The van der Waals surface area contributed by atoms with E-state index in [1.807, 2.05) is 45.0 Å². The molecule has 160 valence electrons. The highest BCUT2D eigenvalue weighted by atomic mass is 16.2. The molecule has 1 aliphatic heterocycles. The van der Waals surface area contributed by atoms with Gasteiger partial charge in [-0.15, -0.1) is 0 Å². The predicted molar refractivity (Wildman–Crippen MR) is 120 cm³/mol. The number of hydrogen-bond acceptors (Lipinski definition) is 3. The number of carbonyl (C=O) groups excluding carboxylic acids is 2. The maximum Gasteiger partial charge on any atom is 0.251 e. The molecule has 0 aliphatic carbocycles. The summed E-state index contributed by atoms with van der Waals surface area (Å²) >= 11 is 0. The van der Waals surface area contributed by atoms with E-state index in [1.54, 1.807) is 6.07 Å². The van der Waals surface area contributed by atoms with Gasteiger partial charge in [-0.05, 0) is 62.0 Å². The van der Waals surface area contributed by atoms with E-state index in [2.05, 4.69) is 33.7 Å². The van der Waals surface area contributed by atoms with Crippen LogP contribution in [0, 0.1) is 12.8 Å². The molecule has 1 fully saturated rings. The smallest absolute Gasteiger partial charge is 0.251 e. The second-order valence-corrected chi connectivity index (χ2v) is 8.53. The molecule has 0 spiro atoms. The molecule has 5 heteroatoms. The number of carbonyl (C=O) groups is 2. The third-order valence-corrected chi connectivity index (χ3v) is 5.68. The summed E-state index contributed by atoms with van der Waals surface area (Å²) in [4.78, 5) is 28.0. The number of likely N-dealkylation sites (tertiary alicyclic amines) is 1. The Bertz CT molecular complexity index is 872. The number of benzene rings is 2. The highest BCUT2D eigenvalue weighted by molar-refractivity contribution is 5.97. The highest BCUT2D eigenvalue weighted by Crippen LogP contribution is 2.16. The Hall–Kier alpha value is -2.66. The molecule has 0 radical (unpaired) electrons. The van der Waals surface area contributed by atoms with Gasteiger partial charge in [0.15, 0.2) is 0 Å². The van der Waals surface area contributed by atoms with Crippen LogP contribution in [-0.2, 0) is 17.9 Å². The Morgan fingerprint density at radius 3 is 2.37 bits per heavy atom. The molecule has 2 aromatic rings. The summed E-state index contributed by atoms with van der Waals surface area (Å²) in [6, 6.07) is 15.1. The molecule has 0 saturated carbocycles. The zero-order valence-electron chi connectivity index (χ0n) is 18.3. The van der Waals surface area contributed by atoms with Crippen molar-refractivity contribution in [2.24, 2.45) is 5.92 Å². The molecule has 1 unspecified atom stereocenters. The van der Waals surface area contributed by atoms with Crippen LogP contribution in [0.2, 0.25) is 0 Å². The zero-order valence-corrected chi connectivity index (χ0v) is 18.3. The van der Waals surface area contributed by atoms with Crippen molar-refractivity contribution in [3.63, 3.8) is 0 Å². The van der Waals surface area contributed by atoms with Crippen molar-refractivity contribution in [2.75, 3.05) is 13.1 Å². The van der Waals surface area contributed by atoms with E-state index < -0.39 is 6.04 Å². The molecular formula is C25H33N3O2. The minimum Gasteiger partial charge on any atom is -0.350 e. The Kier molecular flexibility index (Phi) is 7.63. The van der Waals surface area contributed by atoms with Crippen LogP contribution in [0.1, 0.15) is 53.7 Å². The van der Waals surface area contributed by atoms with E-state index in [-0.39, 0.29) is 17.7 Å². The highest BCUT2D eigenvalue weighted by Gasteiger charge is 2.25. The average molecular weight is 408 g/mol. The van der Waals surface area contributed by atoms with Crippen molar-refractivity contribution in [3.8, 4) is 0 Å². The Morgan fingerprint density at radius 2 is 1.70 bits per heavy atom. The molecule has 2 aromatic carbocycles. The molecule has 0 bridgehead atoms. The lowest BCUT2D eigenvalue weighted by atomic mass is 10.0. The topological polar surface area (TPSA) is 61.4 Å². The molecule has 1 aliphatic rings. The fourth-order valence-corrected chi connectivity index (χ4v) is 3.90. The fourth-order valence-electron chi connectivity index (χ4n) is 3.90. The number of rotatable bonds is 8. The van der Waals surface area contributed by atoms with Crippen LogP contribution in [0.5, 0.6) is 0 Å². The van der Waals surface area contributed by atoms with Gasteiger partial charge in [0.2, 0.25) is 5.91 Å². The summed E-state index contributed by atoms with van der Waals surface area (Å²) in [7, 11) is 0. The molecule has 0 aromatic heterocycles. The van der Waals surface area contributed by atoms with Crippen LogP contribution >= 0.6 is 0 Å². The van der Waals surface area contributed by atoms with E-state index in [0.717, 1.165) is 30.8 Å². The summed E-state index contributed by atoms with van der Waals surface area (Å²) < 4.78 is 0. The Labute approximate surface area is 179 Å². The molecule has 2 amide bonds. The molecule has 3 rings (SSSR count). The van der Waals surface area contributed by atoms with Crippen LogP contribution in [0.4, 0.5) is 0 Å². The SMILES string of the molecule is Cc1cccc(C(=O)NC(C(=O)NCc2ccccc2CN2CCCC2)C(C)C)c1. The van der Waals surface area contributed by atoms with Gasteiger partial charge in [0.1, 0.15) is 6.04 Å². The molecule has 1 saturated heterocycles. The largest absolute Gasteiger partial charge is 0.350 e. The van der Waals surface area contributed by atoms with Crippen molar-refractivity contribution in [1.82, 2.24) is 15.5 Å². The van der Waals surface area contributed by atoms with E-state index in [9.17, 15) is 9.59 Å². The first kappa shape index (κ1) is 22.0. The number of hydrogen-bond donors (Lipinski definition) is 2. The van der Waals surface area contributed by atoms with Crippen LogP contribution in [0.15, 0.2) is 48.5 Å². The summed E-state index contributed by atoms with van der Waals surface area (Å²) in [5.41, 5.74) is 3.97. The van der Waals surface area contributed by atoms with Gasteiger partial charge in [0.05, 0.1) is 0 Å². The molecule has 5 nitrogen and oxygen atoms in total. The number of aryl methyl sites for hydroxylation is 1. The molecule has 1 atom stereocenters. The number of nitrogens with one attached hydrogen (secondary N) is 2. The lowest BCUT2D eigenvalue weighted by Crippen LogP contribution is -2.49. The molecular weight excluding hydrogens is 374 g/mol. The summed E-state index contributed by atoms with van der Waals surface area (Å²) in [6.07, 6.45) is 2.52. The van der Waals surface area contributed by atoms with Crippen molar-refractivity contribution in [2.45, 2.75) is 52.7 Å². The van der Waals surface area contributed by atoms with Gasteiger partial charge in [-0.1, -0.05) is 55.8 Å². The third-order valence-electron chi connectivity index (χ3n) is 5.68. The minimum absolute atomic E-state index is 0.0152. The van der Waals surface area contributed by atoms with Crippen LogP contribution in [0.3, 0.4) is 0 Å². The second kappa shape index (κ2) is 10.4. The van der Waals surface area contributed by atoms with Gasteiger partial charge in [-0.3, -0.25) is 14.5 Å². The maximum atomic E-state index is 12.9. The quantitative estimate of drug-likeness (QED) is 0.702. The Balaban J connectivity index is 1.62. The number of amides is 2. The maximum absolute atomic E-state index is 12.9. The van der Waals surface area contributed by atoms with Crippen molar-refractivity contribution < 1.29 is 9.59 Å². The van der Waals surface area contributed by atoms with E-state index in [0.29, 0.717) is 12.1 Å². The third kappa shape index (κ3) is 5.92. The monoisotopic (exact) mass is 407 g/mol. The lowest BCUT2D eigenvalue weighted by Gasteiger charge is -2.23. The van der Waals surface area contributed by atoms with Gasteiger partial charge in [0, 0.05) is 18.7 Å². The van der Waals surface area contributed by atoms with Crippen LogP contribution in [-0.4, -0.2) is 35.8 Å². The molecule has 30 heavy (non-hydrogen) atoms. The number of nitrogens with zero attached hydrogens (tertiary/aromatic N) is 1. The second-order valence-electron chi connectivity index (χ2n) is 8.53. The van der Waals surface area contributed by atoms with E-state index in [4.69, 9.17) is 0 Å². The fraction of sp³-hybridized carbons (Fsp3) is 0.440. The van der Waals surface area contributed by atoms with Crippen molar-refractivity contribution >= 4 is 11.8 Å². The summed E-state index contributed by atoms with van der Waals surface area (Å²) in [6.45, 7) is 9.51. The van der Waals surface area contributed by atoms with Crippen LogP contribution in [0.25, 0.3) is 0 Å². The van der Waals surface area contributed by atoms with Crippen molar-refractivity contribution in [3.05, 3.63) is 70.8 Å². The first-order valence-electron chi connectivity index (χ1n) is 10.9. The van der Waals surface area contributed by atoms with Gasteiger partial charge < -0.3 is 10.6 Å². The summed E-state index contributed by atoms with van der Waals surface area (Å²) in [5, 5.41) is 5.95. The first-order valence-corrected chi connectivity index (χ1v) is 10.9. The van der Waals surface area contributed by atoms with Crippen molar-refractivity contribution in [1.29, 1.82) is 0 Å². The van der Waals surface area contributed by atoms with E-state index in [1.165, 1.54) is 18.4 Å². The average Bonchev–Trinajstić information content (AvgIpc) is 3.24. The predicted octanol–water partition coefficient (Wildman–Crippen LogP) is 3.66. The lowest BCUT2D eigenvalue weighted by molar-refractivity contribution is -0.124. The molecule has 2 N–H and O–H groups in total. The van der Waals surface area contributed by atoms with Gasteiger partial charge in [-0.2, -0.15) is 0 Å². The first-order chi connectivity index (χ1) is 14.4. The Morgan fingerprint density at radius 1 is 1.00 bits per heavy atom. The normalized spacial score (nSPS) is 15.2. The van der Waals surface area contributed by atoms with Crippen LogP contribution < -0.4 is 10.6 Å². The molecule has 1 heterocycles. The minimum atomic E-state index is -0.580. The van der Waals surface area contributed by atoms with Gasteiger partial charge >= 0.3 is 0 Å².